The van der Waals surface area contributed by atoms with Crippen molar-refractivity contribution in [2.24, 2.45) is 0 Å². The molecular weight excluding hydrogens is 354 g/mol. The summed E-state index contributed by atoms with van der Waals surface area (Å²) >= 11 is 14.8. The molecule has 1 N–H and O–H groups in total. The van der Waals surface area contributed by atoms with Crippen molar-refractivity contribution in [2.75, 3.05) is 13.1 Å². The molecule has 1 heterocycles. The first-order valence-electron chi connectivity index (χ1n) is 5.20. The van der Waals surface area contributed by atoms with Gasteiger partial charge in [0, 0.05) is 11.0 Å². The monoisotopic (exact) mass is 361 g/mol. The lowest BCUT2D eigenvalue weighted by Crippen LogP contribution is -2.44. The predicted octanol–water partition coefficient (Wildman–Crippen LogP) is 4.55. The van der Waals surface area contributed by atoms with Crippen LogP contribution in [0.25, 0.3) is 0 Å². The van der Waals surface area contributed by atoms with E-state index in [1.807, 2.05) is 0 Å². The third-order valence-corrected chi connectivity index (χ3v) is 4.89. The van der Waals surface area contributed by atoms with Crippen molar-refractivity contribution >= 4 is 39.1 Å². The van der Waals surface area contributed by atoms with E-state index in [9.17, 15) is 13.2 Å². The largest absolute Gasteiger partial charge is 0.399 e. The Labute approximate surface area is 121 Å². The van der Waals surface area contributed by atoms with Gasteiger partial charge in [-0.05, 0) is 46.6 Å². The molecule has 1 fully saturated rings. The first kappa shape index (κ1) is 14.4. The van der Waals surface area contributed by atoms with Crippen LogP contribution in [-0.4, -0.2) is 19.3 Å². The predicted molar refractivity (Wildman–Crippen MR) is 69.4 cm³/mol. The Balaban J connectivity index is 2.57. The molecule has 1 atom stereocenters. The maximum absolute atomic E-state index is 13.3. The minimum Gasteiger partial charge on any atom is -0.315 e. The van der Waals surface area contributed by atoms with Gasteiger partial charge in [0.05, 0.1) is 10.0 Å². The Morgan fingerprint density at radius 1 is 1.28 bits per heavy atom. The van der Waals surface area contributed by atoms with Crippen LogP contribution in [0.4, 0.5) is 13.2 Å². The van der Waals surface area contributed by atoms with Crippen LogP contribution in [0.3, 0.4) is 0 Å². The van der Waals surface area contributed by atoms with E-state index in [0.717, 1.165) is 0 Å². The summed E-state index contributed by atoms with van der Waals surface area (Å²) in [7, 11) is 0. The molecule has 1 aromatic carbocycles. The molecule has 1 saturated heterocycles. The summed E-state index contributed by atoms with van der Waals surface area (Å²) in [5.74, 6) is 0. The quantitative estimate of drug-likeness (QED) is 0.722. The molecule has 1 aliphatic heterocycles. The number of nitrogens with one attached hydrogen (secondary N) is 1. The standard InChI is InChI=1S/C11H9BrCl2F3N/c12-7-3-6(4-8(13)9(7)14)10(11(15,16)17)1-2-18-5-10/h3-4,18H,1-2,5H2/t10-/m0/s1. The number of hydrogen-bond donors (Lipinski definition) is 1. The lowest BCUT2D eigenvalue weighted by molar-refractivity contribution is -0.185. The van der Waals surface area contributed by atoms with Crippen molar-refractivity contribution in [2.45, 2.75) is 18.0 Å². The van der Waals surface area contributed by atoms with E-state index in [-0.39, 0.29) is 28.6 Å². The molecule has 0 spiro atoms. The summed E-state index contributed by atoms with van der Waals surface area (Å²) in [4.78, 5) is 0. The van der Waals surface area contributed by atoms with Crippen LogP contribution >= 0.6 is 39.1 Å². The van der Waals surface area contributed by atoms with Crippen molar-refractivity contribution < 1.29 is 13.2 Å². The first-order valence-corrected chi connectivity index (χ1v) is 6.75. The van der Waals surface area contributed by atoms with Gasteiger partial charge in [0.1, 0.15) is 5.41 Å². The van der Waals surface area contributed by atoms with Gasteiger partial charge in [-0.3, -0.25) is 0 Å². The highest BCUT2D eigenvalue weighted by Gasteiger charge is 2.57. The van der Waals surface area contributed by atoms with Crippen LogP contribution in [0.5, 0.6) is 0 Å². The van der Waals surface area contributed by atoms with Crippen molar-refractivity contribution in [3.63, 3.8) is 0 Å². The molecule has 1 aromatic rings. The van der Waals surface area contributed by atoms with Crippen LogP contribution in [0.15, 0.2) is 16.6 Å². The molecule has 1 nitrogen and oxygen atoms in total. The molecule has 0 unspecified atom stereocenters. The maximum atomic E-state index is 13.3. The highest BCUT2D eigenvalue weighted by Crippen LogP contribution is 2.47. The molecule has 18 heavy (non-hydrogen) atoms. The molecular formula is C11H9BrCl2F3N. The van der Waals surface area contributed by atoms with E-state index in [0.29, 0.717) is 11.0 Å². The number of halogens is 6. The summed E-state index contributed by atoms with van der Waals surface area (Å²) in [5.41, 5.74) is -1.75. The highest BCUT2D eigenvalue weighted by atomic mass is 79.9. The zero-order valence-corrected chi connectivity index (χ0v) is 12.1. The molecule has 0 saturated carbocycles. The number of benzene rings is 1. The average molecular weight is 363 g/mol. The lowest BCUT2D eigenvalue weighted by atomic mass is 9.79. The van der Waals surface area contributed by atoms with Gasteiger partial charge in [-0.2, -0.15) is 13.2 Å². The Bertz CT molecular complexity index is 447. The minimum atomic E-state index is -4.33. The number of alkyl halides is 3. The van der Waals surface area contributed by atoms with E-state index in [2.05, 4.69) is 21.2 Å². The van der Waals surface area contributed by atoms with E-state index in [1.165, 1.54) is 12.1 Å². The van der Waals surface area contributed by atoms with Crippen molar-refractivity contribution in [3.8, 4) is 0 Å². The van der Waals surface area contributed by atoms with Crippen molar-refractivity contribution in [3.05, 3.63) is 32.2 Å². The Morgan fingerprint density at radius 2 is 1.94 bits per heavy atom. The van der Waals surface area contributed by atoms with E-state index >= 15 is 0 Å². The van der Waals surface area contributed by atoms with Crippen LogP contribution in [0.1, 0.15) is 12.0 Å². The maximum Gasteiger partial charge on any atom is 0.399 e. The molecule has 2 rings (SSSR count). The van der Waals surface area contributed by atoms with Gasteiger partial charge in [-0.15, -0.1) is 0 Å². The van der Waals surface area contributed by atoms with Crippen molar-refractivity contribution in [1.29, 1.82) is 0 Å². The number of hydrogen-bond acceptors (Lipinski definition) is 1. The fourth-order valence-electron chi connectivity index (χ4n) is 2.18. The summed E-state index contributed by atoms with van der Waals surface area (Å²) in [6, 6.07) is 2.70. The second-order valence-electron chi connectivity index (χ2n) is 4.26. The molecule has 1 aliphatic rings. The van der Waals surface area contributed by atoms with Crippen LogP contribution in [-0.2, 0) is 5.41 Å². The zero-order chi connectivity index (χ0) is 13.6. The average Bonchev–Trinajstić information content (AvgIpc) is 2.74. The summed E-state index contributed by atoms with van der Waals surface area (Å²) in [6.07, 6.45) is -4.33. The summed E-state index contributed by atoms with van der Waals surface area (Å²) in [6.45, 7) is 0.193. The lowest BCUT2D eigenvalue weighted by Gasteiger charge is -2.31. The van der Waals surface area contributed by atoms with Gasteiger partial charge in [-0.1, -0.05) is 23.2 Å². The third kappa shape index (κ3) is 2.26. The minimum absolute atomic E-state index is 0.000894. The fraction of sp³-hybridized carbons (Fsp3) is 0.455. The fourth-order valence-corrected chi connectivity index (χ4v) is 3.08. The van der Waals surface area contributed by atoms with Crippen LogP contribution in [0, 0.1) is 0 Å². The van der Waals surface area contributed by atoms with Gasteiger partial charge in [-0.25, -0.2) is 0 Å². The SMILES string of the molecule is FC(F)(F)[C@@]1(c2cc(Cl)c(Cl)c(Br)c2)CCNC1. The Morgan fingerprint density at radius 3 is 2.39 bits per heavy atom. The zero-order valence-electron chi connectivity index (χ0n) is 9.04. The topological polar surface area (TPSA) is 12.0 Å². The van der Waals surface area contributed by atoms with Crippen molar-refractivity contribution in [1.82, 2.24) is 5.32 Å². The van der Waals surface area contributed by atoms with Gasteiger partial charge < -0.3 is 5.32 Å². The van der Waals surface area contributed by atoms with Crippen LogP contribution < -0.4 is 5.32 Å². The van der Waals surface area contributed by atoms with E-state index < -0.39 is 11.6 Å². The number of rotatable bonds is 1. The van der Waals surface area contributed by atoms with Gasteiger partial charge in [0.15, 0.2) is 0 Å². The first-order chi connectivity index (χ1) is 8.28. The third-order valence-electron chi connectivity index (χ3n) is 3.23. The molecule has 0 amide bonds. The molecule has 0 aromatic heterocycles. The molecule has 0 aliphatic carbocycles. The van der Waals surface area contributed by atoms with E-state index in [4.69, 9.17) is 23.2 Å². The summed E-state index contributed by atoms with van der Waals surface area (Å²) in [5, 5.41) is 3.11. The Kier molecular flexibility index (Phi) is 3.89. The van der Waals surface area contributed by atoms with E-state index in [1.54, 1.807) is 0 Å². The second kappa shape index (κ2) is 4.85. The van der Waals surface area contributed by atoms with Gasteiger partial charge in [0.2, 0.25) is 0 Å². The Hall–Kier alpha value is 0.0300. The molecule has 100 valence electrons. The van der Waals surface area contributed by atoms with Crippen LogP contribution in [0.2, 0.25) is 10.0 Å². The molecule has 7 heteroatoms. The molecule has 0 radical (unpaired) electrons. The second-order valence-corrected chi connectivity index (χ2v) is 5.90. The van der Waals surface area contributed by atoms with Gasteiger partial charge >= 0.3 is 6.18 Å². The summed E-state index contributed by atoms with van der Waals surface area (Å²) < 4.78 is 40.4. The molecule has 0 bridgehead atoms. The highest BCUT2D eigenvalue weighted by molar-refractivity contribution is 9.10. The smallest absolute Gasteiger partial charge is 0.315 e. The van der Waals surface area contributed by atoms with Gasteiger partial charge in [0.25, 0.3) is 0 Å². The normalized spacial score (nSPS) is 24.6.